The van der Waals surface area contributed by atoms with E-state index in [1.54, 1.807) is 0 Å². The van der Waals surface area contributed by atoms with E-state index in [1.807, 2.05) is 73.1 Å². The van der Waals surface area contributed by atoms with Crippen LogP contribution >= 0.6 is 22.6 Å². The summed E-state index contributed by atoms with van der Waals surface area (Å²) in [6.07, 6.45) is 4.52. The Bertz CT molecular complexity index is 779. The molecule has 24 heavy (non-hydrogen) atoms. The smallest absolute Gasteiger partial charge is 0.118 e. The predicted octanol–water partition coefficient (Wildman–Crippen LogP) is 4.72. The second-order valence-electron chi connectivity index (χ2n) is 5.67. The molecule has 120 valence electrons. The number of aryl methyl sites for hydroxylation is 1. The Morgan fingerprint density at radius 1 is 1.00 bits per heavy atom. The van der Waals surface area contributed by atoms with Gasteiger partial charge in [0.15, 0.2) is 0 Å². The first-order valence-corrected chi connectivity index (χ1v) is 9.41. The van der Waals surface area contributed by atoms with Crippen molar-refractivity contribution in [1.82, 2.24) is 9.55 Å². The average molecular weight is 427 g/mol. The van der Waals surface area contributed by atoms with Crippen LogP contribution in [0.1, 0.15) is 23.4 Å². The molecule has 0 aliphatic rings. The first-order valence-electron chi connectivity index (χ1n) is 7.88. The highest BCUT2D eigenvalue weighted by atomic mass is 127. The van der Waals surface area contributed by atoms with Crippen LogP contribution in [0, 0.1) is 11.3 Å². The van der Waals surface area contributed by atoms with Crippen LogP contribution in [-0.4, -0.2) is 9.55 Å². The summed E-state index contributed by atoms with van der Waals surface area (Å²) in [7, 11) is 0. The minimum absolute atomic E-state index is 0.657. The van der Waals surface area contributed by atoms with E-state index in [4.69, 9.17) is 0 Å². The summed E-state index contributed by atoms with van der Waals surface area (Å²) in [6.45, 7) is 0.760. The first-order chi connectivity index (χ1) is 11.8. The second kappa shape index (κ2) is 7.63. The minimum Gasteiger partial charge on any atom is -0.334 e. The van der Waals surface area contributed by atoms with Crippen molar-refractivity contribution in [2.45, 2.75) is 22.8 Å². The van der Waals surface area contributed by atoms with Gasteiger partial charge in [0, 0.05) is 18.9 Å². The molecule has 0 atom stereocenters. The maximum atomic E-state index is 10.2. The summed E-state index contributed by atoms with van der Waals surface area (Å²) in [5, 5.41) is 10.2. The van der Waals surface area contributed by atoms with E-state index in [1.165, 1.54) is 0 Å². The number of alkyl halides is 1. The number of halogens is 1. The van der Waals surface area contributed by atoms with E-state index in [-0.39, 0.29) is 0 Å². The van der Waals surface area contributed by atoms with E-state index >= 15 is 0 Å². The highest BCUT2D eigenvalue weighted by Crippen LogP contribution is 2.35. The molecule has 2 aromatic carbocycles. The lowest BCUT2D eigenvalue weighted by atomic mass is 9.73. The van der Waals surface area contributed by atoms with Crippen LogP contribution in [0.2, 0.25) is 0 Å². The van der Waals surface area contributed by atoms with E-state index in [2.05, 4.69) is 38.2 Å². The zero-order valence-electron chi connectivity index (χ0n) is 13.3. The van der Waals surface area contributed by atoms with Gasteiger partial charge in [0.1, 0.15) is 11.2 Å². The lowest BCUT2D eigenvalue weighted by molar-refractivity contribution is 0.514. The van der Waals surface area contributed by atoms with E-state index in [0.717, 1.165) is 27.9 Å². The Hall–Kier alpha value is -2.13. The minimum atomic E-state index is -0.657. The van der Waals surface area contributed by atoms with Gasteiger partial charge in [-0.25, -0.2) is 4.98 Å². The lowest BCUT2D eigenvalue weighted by Crippen LogP contribution is -2.28. The van der Waals surface area contributed by atoms with Crippen molar-refractivity contribution >= 4 is 22.6 Å². The number of aromatic nitrogens is 2. The Kier molecular flexibility index (Phi) is 5.31. The highest BCUT2D eigenvalue weighted by molar-refractivity contribution is 14.1. The quantitative estimate of drug-likeness (QED) is 0.422. The van der Waals surface area contributed by atoms with Gasteiger partial charge in [-0.05, 0) is 17.5 Å². The molecule has 0 aliphatic heterocycles. The normalized spacial score (nSPS) is 11.2. The fourth-order valence-corrected chi connectivity index (χ4v) is 3.68. The summed E-state index contributed by atoms with van der Waals surface area (Å²) in [5.41, 5.74) is 1.42. The SMILES string of the molecule is N#CC(CCn1ccnc1CI)(c1ccccc1)c1ccccc1. The zero-order valence-corrected chi connectivity index (χ0v) is 15.4. The Morgan fingerprint density at radius 3 is 2.08 bits per heavy atom. The van der Waals surface area contributed by atoms with E-state index in [9.17, 15) is 5.26 Å². The third-order valence-corrected chi connectivity index (χ3v) is 5.06. The molecule has 0 spiro atoms. The van der Waals surface area contributed by atoms with Gasteiger partial charge in [0.05, 0.1) is 10.5 Å². The molecule has 0 amide bonds. The van der Waals surface area contributed by atoms with Crippen molar-refractivity contribution in [2.75, 3.05) is 0 Å². The van der Waals surface area contributed by atoms with Gasteiger partial charge < -0.3 is 4.57 Å². The molecule has 0 aliphatic carbocycles. The van der Waals surface area contributed by atoms with Crippen LogP contribution < -0.4 is 0 Å². The molecule has 3 rings (SSSR count). The standard InChI is InChI=1S/C20H18IN3/c21-15-19-23-12-14-24(19)13-11-20(16-22,17-7-3-1-4-8-17)18-9-5-2-6-10-18/h1-10,12,14H,11,13,15H2. The van der Waals surface area contributed by atoms with Crippen LogP contribution in [-0.2, 0) is 16.4 Å². The van der Waals surface area contributed by atoms with Crippen molar-refractivity contribution in [3.63, 3.8) is 0 Å². The molecule has 4 heteroatoms. The molecule has 3 nitrogen and oxygen atoms in total. The molecule has 1 heterocycles. The fourth-order valence-electron chi connectivity index (χ4n) is 3.05. The molecule has 0 fully saturated rings. The number of nitriles is 1. The van der Waals surface area contributed by atoms with Crippen molar-refractivity contribution in [3.8, 4) is 6.07 Å². The second-order valence-corrected chi connectivity index (χ2v) is 6.43. The van der Waals surface area contributed by atoms with Gasteiger partial charge in [-0.1, -0.05) is 83.3 Å². The molecular formula is C20H18IN3. The van der Waals surface area contributed by atoms with Crippen LogP contribution in [0.25, 0.3) is 0 Å². The third kappa shape index (κ3) is 3.22. The van der Waals surface area contributed by atoms with Gasteiger partial charge >= 0.3 is 0 Å². The Balaban J connectivity index is 2.01. The van der Waals surface area contributed by atoms with Crippen molar-refractivity contribution in [3.05, 3.63) is 90.0 Å². The van der Waals surface area contributed by atoms with Crippen LogP contribution in [0.5, 0.6) is 0 Å². The Labute approximate surface area is 156 Å². The first kappa shape index (κ1) is 16.7. The number of hydrogen-bond donors (Lipinski definition) is 0. The maximum absolute atomic E-state index is 10.2. The van der Waals surface area contributed by atoms with Crippen LogP contribution in [0.15, 0.2) is 73.1 Å². The summed E-state index contributed by atoms with van der Waals surface area (Å²) in [6, 6.07) is 22.8. The molecule has 0 N–H and O–H groups in total. The fraction of sp³-hybridized carbons (Fsp3) is 0.200. The molecule has 0 radical (unpaired) electrons. The van der Waals surface area contributed by atoms with Crippen molar-refractivity contribution < 1.29 is 0 Å². The summed E-state index contributed by atoms with van der Waals surface area (Å²) >= 11 is 2.32. The molecular weight excluding hydrogens is 409 g/mol. The highest BCUT2D eigenvalue weighted by Gasteiger charge is 2.34. The van der Waals surface area contributed by atoms with Crippen molar-refractivity contribution in [1.29, 1.82) is 5.26 Å². The predicted molar refractivity (Wildman–Crippen MR) is 104 cm³/mol. The van der Waals surface area contributed by atoms with E-state index in [0.29, 0.717) is 6.42 Å². The van der Waals surface area contributed by atoms with Crippen LogP contribution in [0.4, 0.5) is 0 Å². The summed E-state index contributed by atoms with van der Waals surface area (Å²) in [5.74, 6) is 1.04. The Morgan fingerprint density at radius 2 is 1.58 bits per heavy atom. The molecule has 3 aromatic rings. The molecule has 0 bridgehead atoms. The van der Waals surface area contributed by atoms with Crippen molar-refractivity contribution in [2.24, 2.45) is 0 Å². The monoisotopic (exact) mass is 427 g/mol. The maximum Gasteiger partial charge on any atom is 0.118 e. The number of nitrogens with zero attached hydrogens (tertiary/aromatic N) is 3. The number of imidazole rings is 1. The van der Waals surface area contributed by atoms with Crippen LogP contribution in [0.3, 0.4) is 0 Å². The molecule has 0 saturated carbocycles. The summed E-state index contributed by atoms with van der Waals surface area (Å²) in [4.78, 5) is 4.38. The largest absolute Gasteiger partial charge is 0.334 e. The lowest BCUT2D eigenvalue weighted by Gasteiger charge is -2.28. The molecule has 0 saturated heterocycles. The molecule has 1 aromatic heterocycles. The molecule has 0 unspecified atom stereocenters. The summed E-state index contributed by atoms with van der Waals surface area (Å²) < 4.78 is 3.01. The van der Waals surface area contributed by atoms with Gasteiger partial charge in [0.25, 0.3) is 0 Å². The third-order valence-electron chi connectivity index (χ3n) is 4.37. The van der Waals surface area contributed by atoms with Gasteiger partial charge in [-0.2, -0.15) is 5.26 Å². The number of benzene rings is 2. The van der Waals surface area contributed by atoms with Gasteiger partial charge in [-0.15, -0.1) is 0 Å². The van der Waals surface area contributed by atoms with E-state index < -0.39 is 5.41 Å². The van der Waals surface area contributed by atoms with Gasteiger partial charge in [-0.3, -0.25) is 0 Å². The number of hydrogen-bond acceptors (Lipinski definition) is 2. The number of rotatable bonds is 6. The topological polar surface area (TPSA) is 41.6 Å². The average Bonchev–Trinajstić information content (AvgIpc) is 3.12. The van der Waals surface area contributed by atoms with Gasteiger partial charge in [0.2, 0.25) is 0 Å². The zero-order chi connectivity index (χ0) is 16.8.